The number of amides is 1. The number of hydrogen-bond acceptors (Lipinski definition) is 2. The molecule has 0 aromatic heterocycles. The fourth-order valence-corrected chi connectivity index (χ4v) is 2.03. The van der Waals surface area contributed by atoms with Crippen molar-refractivity contribution >= 4 is 18.5 Å². The summed E-state index contributed by atoms with van der Waals surface area (Å²) in [6.07, 6.45) is -0.988. The minimum atomic E-state index is -2.24. The van der Waals surface area contributed by atoms with Crippen LogP contribution in [0.3, 0.4) is 0 Å². The molecule has 1 amide bonds. The molecule has 0 spiro atoms. The number of ether oxygens (including phenoxy) is 1. The predicted octanol–water partition coefficient (Wildman–Crippen LogP) is 3.61. The molecule has 1 saturated heterocycles. The third kappa shape index (κ3) is 2.76. The molecule has 1 atom stereocenters. The van der Waals surface area contributed by atoms with E-state index in [4.69, 9.17) is 0 Å². The maximum atomic E-state index is 13.7. The van der Waals surface area contributed by atoms with Gasteiger partial charge in [-0.3, -0.25) is 0 Å². The van der Waals surface area contributed by atoms with E-state index in [9.17, 15) is 26.7 Å². The molecule has 9 heteroatoms. The Morgan fingerprint density at radius 3 is 1.90 bits per heavy atom. The van der Waals surface area contributed by atoms with E-state index in [0.29, 0.717) is 0 Å². The van der Waals surface area contributed by atoms with Gasteiger partial charge >= 0.3 is 6.09 Å². The van der Waals surface area contributed by atoms with Crippen LogP contribution >= 0.6 is 12.4 Å². The summed E-state index contributed by atoms with van der Waals surface area (Å²) >= 11 is 0. The van der Waals surface area contributed by atoms with E-state index < -0.39 is 52.2 Å². The van der Waals surface area contributed by atoms with Crippen LogP contribution in [0.1, 0.15) is 25.5 Å². The Hall–Kier alpha value is -1.57. The highest BCUT2D eigenvalue weighted by Gasteiger charge is 2.43. The second-order valence-electron chi connectivity index (χ2n) is 5.13. The van der Waals surface area contributed by atoms with Crippen LogP contribution in [0.15, 0.2) is 0 Å². The van der Waals surface area contributed by atoms with Crippen molar-refractivity contribution in [2.75, 3.05) is 6.61 Å². The largest absolute Gasteiger partial charge is 0.449 e. The van der Waals surface area contributed by atoms with Crippen LogP contribution < -0.4 is 5.32 Å². The van der Waals surface area contributed by atoms with Crippen LogP contribution in [-0.2, 0) is 4.74 Å². The van der Waals surface area contributed by atoms with Gasteiger partial charge in [-0.25, -0.2) is 26.7 Å². The Kier molecular flexibility index (Phi) is 4.72. The van der Waals surface area contributed by atoms with E-state index in [-0.39, 0.29) is 19.0 Å². The summed E-state index contributed by atoms with van der Waals surface area (Å²) in [5.41, 5.74) is -2.12. The Bertz CT molecular complexity index is 564. The molecule has 1 aliphatic rings. The summed E-state index contributed by atoms with van der Waals surface area (Å²) in [6, 6.07) is -1.40. The molecule has 21 heavy (non-hydrogen) atoms. The van der Waals surface area contributed by atoms with Crippen molar-refractivity contribution < 1.29 is 31.5 Å². The minimum Gasteiger partial charge on any atom is -0.449 e. The van der Waals surface area contributed by atoms with Crippen molar-refractivity contribution in [2.24, 2.45) is 5.41 Å². The van der Waals surface area contributed by atoms with Gasteiger partial charge in [0.25, 0.3) is 0 Å². The number of cyclic esters (lactones) is 1. The Morgan fingerprint density at radius 2 is 1.43 bits per heavy atom. The van der Waals surface area contributed by atoms with Gasteiger partial charge in [0.1, 0.15) is 6.61 Å². The van der Waals surface area contributed by atoms with Gasteiger partial charge in [-0.15, -0.1) is 12.4 Å². The summed E-state index contributed by atoms with van der Waals surface area (Å²) in [5, 5.41) is 2.08. The molecule has 1 fully saturated rings. The first-order valence-corrected chi connectivity index (χ1v) is 5.61. The average molecular weight is 332 g/mol. The Morgan fingerprint density at radius 1 is 1.00 bits per heavy atom. The van der Waals surface area contributed by atoms with Gasteiger partial charge in [0.2, 0.25) is 5.82 Å². The number of rotatable bonds is 1. The molecule has 1 N–H and O–H groups in total. The van der Waals surface area contributed by atoms with Crippen LogP contribution in [0, 0.1) is 34.5 Å². The average Bonchev–Trinajstić information content (AvgIpc) is 2.39. The number of alkyl carbamates (subject to hydrolysis) is 1. The second kappa shape index (κ2) is 5.67. The zero-order valence-corrected chi connectivity index (χ0v) is 11.7. The van der Waals surface area contributed by atoms with Gasteiger partial charge in [0, 0.05) is 5.41 Å². The molecule has 1 heterocycles. The topological polar surface area (TPSA) is 38.3 Å². The third-order valence-corrected chi connectivity index (χ3v) is 3.15. The lowest BCUT2D eigenvalue weighted by molar-refractivity contribution is 0.0361. The van der Waals surface area contributed by atoms with Crippen molar-refractivity contribution in [1.29, 1.82) is 0 Å². The number of benzene rings is 1. The molecule has 1 aromatic rings. The molecule has 1 aromatic carbocycles. The molecule has 0 unspecified atom stereocenters. The zero-order chi connectivity index (χ0) is 15.2. The highest BCUT2D eigenvalue weighted by Crippen LogP contribution is 2.40. The fraction of sp³-hybridized carbons (Fsp3) is 0.417. The third-order valence-electron chi connectivity index (χ3n) is 3.15. The van der Waals surface area contributed by atoms with E-state index >= 15 is 0 Å². The van der Waals surface area contributed by atoms with Gasteiger partial charge < -0.3 is 10.1 Å². The van der Waals surface area contributed by atoms with E-state index in [1.165, 1.54) is 13.8 Å². The van der Waals surface area contributed by atoms with Crippen LogP contribution in [0.5, 0.6) is 0 Å². The van der Waals surface area contributed by atoms with Crippen molar-refractivity contribution in [3.8, 4) is 0 Å². The smallest absolute Gasteiger partial charge is 0.407 e. The number of halogens is 6. The molecule has 0 saturated carbocycles. The van der Waals surface area contributed by atoms with Crippen molar-refractivity contribution in [3.05, 3.63) is 34.6 Å². The van der Waals surface area contributed by atoms with Crippen LogP contribution in [0.4, 0.5) is 26.7 Å². The molecule has 0 bridgehead atoms. The molecule has 0 aliphatic carbocycles. The summed E-state index contributed by atoms with van der Waals surface area (Å²) in [6.45, 7) is 2.72. The molecule has 3 nitrogen and oxygen atoms in total. The predicted molar refractivity (Wildman–Crippen MR) is 64.5 cm³/mol. The number of carbonyl (C=O) groups excluding carboxylic acids is 1. The van der Waals surface area contributed by atoms with Gasteiger partial charge in [0.05, 0.1) is 11.6 Å². The summed E-state index contributed by atoms with van der Waals surface area (Å²) in [5.74, 6) is -10.2. The summed E-state index contributed by atoms with van der Waals surface area (Å²) in [4.78, 5) is 11.2. The fourth-order valence-electron chi connectivity index (χ4n) is 2.03. The molecule has 2 rings (SSSR count). The number of carbonyl (C=O) groups is 1. The van der Waals surface area contributed by atoms with Gasteiger partial charge in [-0.05, 0) is 0 Å². The van der Waals surface area contributed by atoms with Crippen LogP contribution in [-0.4, -0.2) is 12.7 Å². The summed E-state index contributed by atoms with van der Waals surface area (Å²) < 4.78 is 71.5. The number of hydrogen-bond donors (Lipinski definition) is 1. The monoisotopic (exact) mass is 331 g/mol. The van der Waals surface area contributed by atoms with Crippen LogP contribution in [0.25, 0.3) is 0 Å². The van der Waals surface area contributed by atoms with E-state index in [1.54, 1.807) is 0 Å². The molecular weight excluding hydrogens is 321 g/mol. The first-order chi connectivity index (χ1) is 9.16. The van der Waals surface area contributed by atoms with Crippen LogP contribution in [0.2, 0.25) is 0 Å². The lowest BCUT2D eigenvalue weighted by Crippen LogP contribution is -2.47. The highest BCUT2D eigenvalue weighted by molar-refractivity contribution is 5.85. The number of nitrogens with one attached hydrogen (secondary N) is 1. The standard InChI is InChI=1S/C12H10F5NO2.ClH/c1-12(2)3-20-11(19)18-10(12)4-5(13)7(15)9(17)8(16)6(4)14;/h10H,3H2,1-2H3,(H,18,19);1H/t10-;/m1./s1. The van der Waals surface area contributed by atoms with Gasteiger partial charge in [-0.1, -0.05) is 13.8 Å². The Balaban J connectivity index is 0.00000220. The van der Waals surface area contributed by atoms with E-state index in [1.807, 2.05) is 0 Å². The molecule has 1 aliphatic heterocycles. The quantitative estimate of drug-likeness (QED) is 0.485. The van der Waals surface area contributed by atoms with Crippen molar-refractivity contribution in [3.63, 3.8) is 0 Å². The zero-order valence-electron chi connectivity index (χ0n) is 10.9. The van der Waals surface area contributed by atoms with E-state index in [2.05, 4.69) is 10.1 Å². The first kappa shape index (κ1) is 17.5. The maximum absolute atomic E-state index is 13.7. The molecule has 118 valence electrons. The maximum Gasteiger partial charge on any atom is 0.407 e. The Labute approximate surface area is 122 Å². The van der Waals surface area contributed by atoms with Crippen molar-refractivity contribution in [2.45, 2.75) is 19.9 Å². The lowest BCUT2D eigenvalue weighted by Gasteiger charge is -2.38. The SMILES string of the molecule is CC1(C)COC(=O)N[C@@H]1c1c(F)c(F)c(F)c(F)c1F.Cl. The minimum absolute atomic E-state index is 0. The molecular formula is C12H11ClF5NO2. The second-order valence-corrected chi connectivity index (χ2v) is 5.13. The highest BCUT2D eigenvalue weighted by atomic mass is 35.5. The summed E-state index contributed by atoms with van der Waals surface area (Å²) in [7, 11) is 0. The lowest BCUT2D eigenvalue weighted by atomic mass is 9.80. The van der Waals surface area contributed by atoms with Crippen molar-refractivity contribution in [1.82, 2.24) is 5.32 Å². The first-order valence-electron chi connectivity index (χ1n) is 5.61. The van der Waals surface area contributed by atoms with Gasteiger partial charge in [0.15, 0.2) is 23.3 Å². The van der Waals surface area contributed by atoms with Gasteiger partial charge in [-0.2, -0.15) is 0 Å². The van der Waals surface area contributed by atoms with E-state index in [0.717, 1.165) is 0 Å². The molecule has 0 radical (unpaired) electrons. The normalized spacial score (nSPS) is 20.3.